The first-order chi connectivity index (χ1) is 7.20. The van der Waals surface area contributed by atoms with Gasteiger partial charge >= 0.3 is 0 Å². The molecule has 3 heteroatoms. The van der Waals surface area contributed by atoms with E-state index in [4.69, 9.17) is 23.2 Å². The minimum absolute atomic E-state index is 0.560. The summed E-state index contributed by atoms with van der Waals surface area (Å²) < 4.78 is 0.883. The largest absolute Gasteiger partial charge is 0.0827 e. The van der Waals surface area contributed by atoms with Gasteiger partial charge in [0.1, 0.15) is 0 Å². The highest BCUT2D eigenvalue weighted by Crippen LogP contribution is 2.36. The normalized spacial score (nSPS) is 10.3. The Labute approximate surface area is 107 Å². The lowest BCUT2D eigenvalue weighted by atomic mass is 10.1. The first kappa shape index (κ1) is 11.0. The average molecular weight is 301 g/mol. The van der Waals surface area contributed by atoms with E-state index in [0.29, 0.717) is 10.0 Å². The molecule has 0 aliphatic heterocycles. The summed E-state index contributed by atoms with van der Waals surface area (Å²) in [4.78, 5) is 0. The zero-order valence-corrected chi connectivity index (χ0v) is 10.7. The standard InChI is InChI=1S/C12H6BrCl2/c13-10-6-2-1-4-8(10)9-5-3-7-11(14)12(9)15/h1-5,7H. The fourth-order valence-corrected chi connectivity index (χ4v) is 2.22. The second-order valence-electron chi connectivity index (χ2n) is 3.00. The highest BCUT2D eigenvalue weighted by atomic mass is 79.9. The van der Waals surface area contributed by atoms with Crippen LogP contribution in [0.3, 0.4) is 0 Å². The fourth-order valence-electron chi connectivity index (χ4n) is 1.34. The molecule has 2 rings (SSSR count). The van der Waals surface area contributed by atoms with Gasteiger partial charge < -0.3 is 0 Å². The van der Waals surface area contributed by atoms with Gasteiger partial charge in [-0.3, -0.25) is 0 Å². The molecule has 0 nitrogen and oxygen atoms in total. The molecular weight excluding hydrogens is 295 g/mol. The molecule has 0 unspecified atom stereocenters. The smallest absolute Gasteiger partial charge is 0.0671 e. The Hall–Kier alpha value is -0.500. The topological polar surface area (TPSA) is 0 Å². The first-order valence-electron chi connectivity index (χ1n) is 4.30. The zero-order valence-electron chi connectivity index (χ0n) is 7.60. The van der Waals surface area contributed by atoms with Crippen LogP contribution in [0.5, 0.6) is 0 Å². The van der Waals surface area contributed by atoms with E-state index >= 15 is 0 Å². The van der Waals surface area contributed by atoms with Gasteiger partial charge in [0.2, 0.25) is 0 Å². The van der Waals surface area contributed by atoms with Crippen molar-refractivity contribution in [3.05, 3.63) is 57.0 Å². The maximum absolute atomic E-state index is 6.13. The van der Waals surface area contributed by atoms with E-state index in [1.807, 2.05) is 30.3 Å². The minimum Gasteiger partial charge on any atom is -0.0827 e. The number of hydrogen-bond acceptors (Lipinski definition) is 0. The summed E-state index contributed by atoms with van der Waals surface area (Å²) in [5.41, 5.74) is 1.90. The fraction of sp³-hybridized carbons (Fsp3) is 0. The SMILES string of the molecule is Clc1cccc(-c2ccc[c]c2Br)c1Cl. The van der Waals surface area contributed by atoms with Gasteiger partial charge in [0.15, 0.2) is 0 Å². The predicted octanol–water partition coefficient (Wildman–Crippen LogP) is 5.22. The van der Waals surface area contributed by atoms with E-state index in [2.05, 4.69) is 22.0 Å². The maximum atomic E-state index is 6.13. The lowest BCUT2D eigenvalue weighted by molar-refractivity contribution is 1.57. The van der Waals surface area contributed by atoms with Crippen LogP contribution in [0.25, 0.3) is 11.1 Å². The molecular formula is C12H6BrCl2. The summed E-state index contributed by atoms with van der Waals surface area (Å²) in [6, 6.07) is 14.4. The Morgan fingerprint density at radius 3 is 2.47 bits per heavy atom. The Kier molecular flexibility index (Phi) is 3.35. The van der Waals surface area contributed by atoms with Gasteiger partial charge in [-0.05, 0) is 33.6 Å². The number of halogens is 3. The molecule has 75 valence electrons. The second-order valence-corrected chi connectivity index (χ2v) is 4.58. The summed E-state index contributed by atoms with van der Waals surface area (Å²) in [6.07, 6.45) is 0. The van der Waals surface area contributed by atoms with E-state index in [1.54, 1.807) is 6.07 Å². The van der Waals surface area contributed by atoms with E-state index in [-0.39, 0.29) is 0 Å². The molecule has 0 atom stereocenters. The predicted molar refractivity (Wildman–Crippen MR) is 68.4 cm³/mol. The van der Waals surface area contributed by atoms with Gasteiger partial charge in [0.05, 0.1) is 10.0 Å². The number of hydrogen-bond donors (Lipinski definition) is 0. The van der Waals surface area contributed by atoms with E-state index in [9.17, 15) is 0 Å². The third kappa shape index (κ3) is 2.20. The molecule has 0 fully saturated rings. The van der Waals surface area contributed by atoms with Crippen molar-refractivity contribution in [1.82, 2.24) is 0 Å². The molecule has 0 bridgehead atoms. The number of benzene rings is 2. The van der Waals surface area contributed by atoms with Gasteiger partial charge in [-0.2, -0.15) is 0 Å². The molecule has 1 radical (unpaired) electrons. The Morgan fingerprint density at radius 1 is 1.00 bits per heavy atom. The van der Waals surface area contributed by atoms with Crippen LogP contribution in [0.1, 0.15) is 0 Å². The van der Waals surface area contributed by atoms with Crippen LogP contribution < -0.4 is 0 Å². The molecule has 2 aromatic carbocycles. The van der Waals surface area contributed by atoms with Crippen molar-refractivity contribution in [3.8, 4) is 11.1 Å². The Morgan fingerprint density at radius 2 is 1.73 bits per heavy atom. The molecule has 0 saturated carbocycles. The lowest BCUT2D eigenvalue weighted by Crippen LogP contribution is -1.81. The lowest BCUT2D eigenvalue weighted by Gasteiger charge is -2.07. The average Bonchev–Trinajstić information content (AvgIpc) is 2.23. The van der Waals surface area contributed by atoms with Crippen LogP contribution in [-0.2, 0) is 0 Å². The maximum Gasteiger partial charge on any atom is 0.0671 e. The van der Waals surface area contributed by atoms with Crippen LogP contribution in [0.2, 0.25) is 10.0 Å². The molecule has 0 amide bonds. The van der Waals surface area contributed by atoms with E-state index in [1.165, 1.54) is 0 Å². The molecule has 0 N–H and O–H groups in total. The van der Waals surface area contributed by atoms with Crippen molar-refractivity contribution in [2.75, 3.05) is 0 Å². The minimum atomic E-state index is 0.560. The Balaban J connectivity index is 2.65. The molecule has 0 spiro atoms. The van der Waals surface area contributed by atoms with E-state index in [0.717, 1.165) is 15.6 Å². The van der Waals surface area contributed by atoms with Gasteiger partial charge in [0, 0.05) is 10.0 Å². The summed E-state index contributed by atoms with van der Waals surface area (Å²) in [7, 11) is 0. The van der Waals surface area contributed by atoms with Crippen molar-refractivity contribution in [3.63, 3.8) is 0 Å². The Bertz CT molecular complexity index is 495. The third-order valence-corrected chi connectivity index (χ3v) is 3.52. The van der Waals surface area contributed by atoms with Crippen molar-refractivity contribution in [2.24, 2.45) is 0 Å². The monoisotopic (exact) mass is 299 g/mol. The van der Waals surface area contributed by atoms with Crippen LogP contribution >= 0.6 is 39.1 Å². The number of rotatable bonds is 1. The highest BCUT2D eigenvalue weighted by molar-refractivity contribution is 9.10. The first-order valence-corrected chi connectivity index (χ1v) is 5.85. The second kappa shape index (κ2) is 4.56. The molecule has 0 aromatic heterocycles. The summed E-state index contributed by atoms with van der Waals surface area (Å²) in [5.74, 6) is 0. The molecule has 0 heterocycles. The summed E-state index contributed by atoms with van der Waals surface area (Å²) >= 11 is 15.5. The highest BCUT2D eigenvalue weighted by Gasteiger charge is 2.08. The van der Waals surface area contributed by atoms with Crippen molar-refractivity contribution >= 4 is 39.1 Å². The van der Waals surface area contributed by atoms with Crippen LogP contribution in [0.4, 0.5) is 0 Å². The van der Waals surface area contributed by atoms with Crippen molar-refractivity contribution in [2.45, 2.75) is 0 Å². The van der Waals surface area contributed by atoms with E-state index < -0.39 is 0 Å². The van der Waals surface area contributed by atoms with Crippen molar-refractivity contribution in [1.29, 1.82) is 0 Å². The molecule has 0 aliphatic rings. The van der Waals surface area contributed by atoms with Gasteiger partial charge in [-0.25, -0.2) is 0 Å². The molecule has 15 heavy (non-hydrogen) atoms. The summed E-state index contributed by atoms with van der Waals surface area (Å²) in [6.45, 7) is 0. The molecule has 0 saturated heterocycles. The van der Waals surface area contributed by atoms with Crippen LogP contribution in [0, 0.1) is 6.07 Å². The zero-order chi connectivity index (χ0) is 10.8. The van der Waals surface area contributed by atoms with Gasteiger partial charge in [0.25, 0.3) is 0 Å². The van der Waals surface area contributed by atoms with Gasteiger partial charge in [-0.15, -0.1) is 0 Å². The van der Waals surface area contributed by atoms with Crippen LogP contribution in [0.15, 0.2) is 40.9 Å². The van der Waals surface area contributed by atoms with Crippen molar-refractivity contribution < 1.29 is 0 Å². The third-order valence-electron chi connectivity index (χ3n) is 2.05. The molecule has 2 aromatic rings. The van der Waals surface area contributed by atoms with Gasteiger partial charge in [-0.1, -0.05) is 53.5 Å². The molecule has 0 aliphatic carbocycles. The van der Waals surface area contributed by atoms with Crippen LogP contribution in [-0.4, -0.2) is 0 Å². The quantitative estimate of drug-likeness (QED) is 0.677. The summed E-state index contributed by atoms with van der Waals surface area (Å²) in [5, 5.41) is 1.13.